The molecule has 140 valence electrons. The molecule has 1 aromatic carbocycles. The topological polar surface area (TPSA) is 58.2 Å². The number of carbonyl (C=O) groups is 2. The van der Waals surface area contributed by atoms with E-state index in [1.54, 1.807) is 0 Å². The molecule has 0 saturated heterocycles. The Morgan fingerprint density at radius 2 is 1.73 bits per heavy atom. The van der Waals surface area contributed by atoms with Crippen LogP contribution in [0, 0.1) is 32.6 Å². The number of hydrogen-bond donors (Lipinski definition) is 2. The van der Waals surface area contributed by atoms with E-state index >= 15 is 0 Å². The monoisotopic (exact) mass is 354 g/mol. The highest BCUT2D eigenvalue weighted by atomic mass is 16.2. The van der Waals surface area contributed by atoms with Crippen LogP contribution >= 0.6 is 0 Å². The summed E-state index contributed by atoms with van der Waals surface area (Å²) < 4.78 is 0. The lowest BCUT2D eigenvalue weighted by atomic mass is 9.97. The van der Waals surface area contributed by atoms with Gasteiger partial charge in [0.25, 0.3) is 0 Å². The van der Waals surface area contributed by atoms with Crippen LogP contribution in [-0.4, -0.2) is 18.4 Å². The maximum absolute atomic E-state index is 12.5. The molecule has 1 fully saturated rings. The lowest BCUT2D eigenvalue weighted by Crippen LogP contribution is -2.28. The third-order valence-electron chi connectivity index (χ3n) is 5.52. The van der Waals surface area contributed by atoms with Gasteiger partial charge in [0, 0.05) is 12.2 Å². The lowest BCUT2D eigenvalue weighted by Gasteiger charge is -2.13. The van der Waals surface area contributed by atoms with Crippen molar-refractivity contribution < 1.29 is 9.59 Å². The first-order chi connectivity index (χ1) is 12.5. The zero-order chi connectivity index (χ0) is 18.7. The Kier molecular flexibility index (Phi) is 5.80. The normalized spacial score (nSPS) is 21.7. The minimum Gasteiger partial charge on any atom is -0.356 e. The van der Waals surface area contributed by atoms with Crippen molar-refractivity contribution in [2.75, 3.05) is 11.9 Å². The molecule has 2 aliphatic rings. The molecule has 0 aromatic heterocycles. The largest absolute Gasteiger partial charge is 0.356 e. The number of nitrogens with one attached hydrogen (secondary N) is 2. The van der Waals surface area contributed by atoms with Crippen molar-refractivity contribution in [3.8, 4) is 0 Å². The van der Waals surface area contributed by atoms with Crippen molar-refractivity contribution in [1.82, 2.24) is 5.32 Å². The smallest absolute Gasteiger partial charge is 0.228 e. The summed E-state index contributed by atoms with van der Waals surface area (Å²) in [6, 6.07) is 4.14. The summed E-state index contributed by atoms with van der Waals surface area (Å²) >= 11 is 0. The summed E-state index contributed by atoms with van der Waals surface area (Å²) in [5.74, 6) is -0.362. The maximum Gasteiger partial charge on any atom is 0.228 e. The van der Waals surface area contributed by atoms with Crippen LogP contribution in [0.4, 0.5) is 5.69 Å². The number of amides is 2. The molecule has 2 N–H and O–H groups in total. The number of allylic oxidation sites excluding steroid dienone is 1. The molecule has 26 heavy (non-hydrogen) atoms. The van der Waals surface area contributed by atoms with Gasteiger partial charge in [0.05, 0.1) is 11.8 Å². The van der Waals surface area contributed by atoms with Crippen LogP contribution in [-0.2, 0) is 9.59 Å². The van der Waals surface area contributed by atoms with Crippen molar-refractivity contribution >= 4 is 17.5 Å². The van der Waals surface area contributed by atoms with Crippen molar-refractivity contribution in [1.29, 1.82) is 0 Å². The third-order valence-corrected chi connectivity index (χ3v) is 5.52. The number of benzene rings is 1. The second-order valence-electron chi connectivity index (χ2n) is 7.86. The molecule has 0 radical (unpaired) electrons. The third kappa shape index (κ3) is 4.54. The molecule has 0 bridgehead atoms. The Bertz CT molecular complexity index is 713. The molecule has 3 rings (SSSR count). The van der Waals surface area contributed by atoms with E-state index in [-0.39, 0.29) is 23.7 Å². The fourth-order valence-electron chi connectivity index (χ4n) is 3.98. The van der Waals surface area contributed by atoms with Crippen LogP contribution in [0.3, 0.4) is 0 Å². The van der Waals surface area contributed by atoms with Crippen molar-refractivity contribution in [3.63, 3.8) is 0 Å². The van der Waals surface area contributed by atoms with E-state index in [9.17, 15) is 9.59 Å². The zero-order valence-corrected chi connectivity index (χ0v) is 16.2. The van der Waals surface area contributed by atoms with Gasteiger partial charge in [-0.15, -0.1) is 0 Å². The predicted molar refractivity (Wildman–Crippen MR) is 105 cm³/mol. The summed E-state index contributed by atoms with van der Waals surface area (Å²) in [4.78, 5) is 24.8. The second kappa shape index (κ2) is 8.07. The van der Waals surface area contributed by atoms with Crippen LogP contribution in [0.1, 0.15) is 55.2 Å². The first-order valence-electron chi connectivity index (χ1n) is 9.80. The minimum atomic E-state index is -0.191. The van der Waals surface area contributed by atoms with Crippen molar-refractivity contribution in [2.45, 2.75) is 59.3 Å². The first-order valence-corrected chi connectivity index (χ1v) is 9.80. The fraction of sp³-hybridized carbons (Fsp3) is 0.545. The molecule has 4 nitrogen and oxygen atoms in total. The Morgan fingerprint density at radius 3 is 2.38 bits per heavy atom. The van der Waals surface area contributed by atoms with E-state index in [1.807, 2.05) is 13.8 Å². The lowest BCUT2D eigenvalue weighted by molar-refractivity contribution is -0.125. The van der Waals surface area contributed by atoms with Crippen LogP contribution in [0.5, 0.6) is 0 Å². The van der Waals surface area contributed by atoms with Gasteiger partial charge in [0.1, 0.15) is 0 Å². The molecule has 2 unspecified atom stereocenters. The van der Waals surface area contributed by atoms with Gasteiger partial charge < -0.3 is 10.6 Å². The van der Waals surface area contributed by atoms with E-state index < -0.39 is 0 Å². The van der Waals surface area contributed by atoms with Gasteiger partial charge in [-0.2, -0.15) is 0 Å². The summed E-state index contributed by atoms with van der Waals surface area (Å²) in [5, 5.41) is 6.04. The molecule has 2 aliphatic carbocycles. The van der Waals surface area contributed by atoms with Crippen LogP contribution in [0.15, 0.2) is 23.8 Å². The minimum absolute atomic E-state index is 0.0268. The highest BCUT2D eigenvalue weighted by molar-refractivity contribution is 6.00. The zero-order valence-electron chi connectivity index (χ0n) is 16.2. The van der Waals surface area contributed by atoms with E-state index in [0.29, 0.717) is 13.0 Å². The average molecular weight is 354 g/mol. The molecule has 0 aliphatic heterocycles. The molecule has 2 atom stereocenters. The Balaban J connectivity index is 1.46. The number of hydrogen-bond acceptors (Lipinski definition) is 2. The van der Waals surface area contributed by atoms with Crippen LogP contribution in [0.25, 0.3) is 0 Å². The summed E-state index contributed by atoms with van der Waals surface area (Å²) in [5.41, 5.74) is 5.68. The van der Waals surface area contributed by atoms with Gasteiger partial charge in [-0.05, 0) is 70.4 Å². The van der Waals surface area contributed by atoms with Gasteiger partial charge in [0.2, 0.25) is 11.8 Å². The Labute approximate surface area is 156 Å². The van der Waals surface area contributed by atoms with Gasteiger partial charge in [-0.25, -0.2) is 0 Å². The Hall–Kier alpha value is -2.10. The maximum atomic E-state index is 12.5. The molecule has 0 heterocycles. The molecule has 0 spiro atoms. The summed E-state index contributed by atoms with van der Waals surface area (Å²) in [7, 11) is 0. The van der Waals surface area contributed by atoms with Gasteiger partial charge in [0.15, 0.2) is 0 Å². The average Bonchev–Trinajstić information content (AvgIpc) is 3.40. The molecular weight excluding hydrogens is 324 g/mol. The van der Waals surface area contributed by atoms with Crippen LogP contribution in [0.2, 0.25) is 0 Å². The summed E-state index contributed by atoms with van der Waals surface area (Å²) in [6.45, 7) is 6.75. The van der Waals surface area contributed by atoms with E-state index in [1.165, 1.54) is 36.8 Å². The van der Waals surface area contributed by atoms with E-state index in [2.05, 4.69) is 35.8 Å². The van der Waals surface area contributed by atoms with Gasteiger partial charge in [-0.3, -0.25) is 9.59 Å². The summed E-state index contributed by atoms with van der Waals surface area (Å²) in [6.07, 6.45) is 8.80. The number of aryl methyl sites for hydroxylation is 3. The first kappa shape index (κ1) is 18.7. The van der Waals surface area contributed by atoms with Crippen LogP contribution < -0.4 is 10.6 Å². The predicted octanol–water partition coefficient (Wildman–Crippen LogP) is 4.19. The van der Waals surface area contributed by atoms with Gasteiger partial charge in [-0.1, -0.05) is 29.3 Å². The molecular formula is C22H30N2O2. The quantitative estimate of drug-likeness (QED) is 0.753. The van der Waals surface area contributed by atoms with E-state index in [0.717, 1.165) is 23.2 Å². The number of carbonyl (C=O) groups excluding carboxylic acids is 2. The fourth-order valence-corrected chi connectivity index (χ4v) is 3.98. The molecule has 4 heteroatoms. The highest BCUT2D eigenvalue weighted by Crippen LogP contribution is 2.40. The van der Waals surface area contributed by atoms with Crippen molar-refractivity contribution in [2.24, 2.45) is 11.8 Å². The van der Waals surface area contributed by atoms with Crippen molar-refractivity contribution in [3.05, 3.63) is 40.5 Å². The SMILES string of the molecule is Cc1cc(C)c(NC(=O)C2CC2C(=O)NCCC2=CCCCC2)c(C)c1. The number of anilines is 1. The molecule has 2 amide bonds. The van der Waals surface area contributed by atoms with E-state index in [4.69, 9.17) is 0 Å². The highest BCUT2D eigenvalue weighted by Gasteiger charge is 2.48. The standard InChI is InChI=1S/C22H30N2O2/c1-14-11-15(2)20(16(3)12-14)24-22(26)19-13-18(19)21(25)23-10-9-17-7-5-4-6-8-17/h7,11-12,18-19H,4-6,8-10,13H2,1-3H3,(H,23,25)(H,24,26). The molecule has 1 aromatic rings. The molecule has 1 saturated carbocycles. The second-order valence-corrected chi connectivity index (χ2v) is 7.86. The Morgan fingerprint density at radius 1 is 1.04 bits per heavy atom. The van der Waals surface area contributed by atoms with Gasteiger partial charge >= 0.3 is 0 Å². The number of rotatable bonds is 6.